The first kappa shape index (κ1) is 29.5. The number of aliphatic hydroxyl groups is 9. The second kappa shape index (κ2) is 12.2. The summed E-state index contributed by atoms with van der Waals surface area (Å²) in [6.07, 6.45) is -21.6. The zero-order valence-corrected chi connectivity index (χ0v) is 19.5. The Morgan fingerprint density at radius 1 is 0.778 bits per heavy atom. The Balaban J connectivity index is 1.78. The van der Waals surface area contributed by atoms with Gasteiger partial charge in [0.25, 0.3) is 0 Å². The van der Waals surface area contributed by atoms with Crippen LogP contribution in [0, 0.1) is 0 Å². The van der Waals surface area contributed by atoms with E-state index in [-0.39, 0.29) is 0 Å². The molecule has 0 saturated carbocycles. The molecule has 10 N–H and O–H groups in total. The van der Waals surface area contributed by atoms with E-state index >= 15 is 0 Å². The van der Waals surface area contributed by atoms with Crippen molar-refractivity contribution in [3.63, 3.8) is 0 Å². The summed E-state index contributed by atoms with van der Waals surface area (Å²) in [5.41, 5.74) is 0. The summed E-state index contributed by atoms with van der Waals surface area (Å²) in [4.78, 5) is 11.7. The minimum absolute atomic E-state index is 0.538. The Morgan fingerprint density at radius 3 is 2.03 bits per heavy atom. The van der Waals surface area contributed by atoms with Gasteiger partial charge in [-0.3, -0.25) is 4.79 Å². The molecule has 1 amide bonds. The molecule has 3 aliphatic rings. The van der Waals surface area contributed by atoms with Gasteiger partial charge in [0.15, 0.2) is 18.9 Å². The van der Waals surface area contributed by atoms with Gasteiger partial charge in [0.05, 0.1) is 19.3 Å². The van der Waals surface area contributed by atoms with Gasteiger partial charge >= 0.3 is 0 Å². The predicted octanol–water partition coefficient (Wildman–Crippen LogP) is -6.40. The van der Waals surface area contributed by atoms with Crippen LogP contribution in [0.5, 0.6) is 0 Å². The van der Waals surface area contributed by atoms with Gasteiger partial charge in [0.2, 0.25) is 5.91 Å². The lowest BCUT2D eigenvalue weighted by atomic mass is 9.96. The highest BCUT2D eigenvalue weighted by molar-refractivity contribution is 5.73. The standard InChI is InChI=1S/C20H35NO15/c1-5-10(24)15(29)17(20(33-5)32-4-8-12(26)14(28)16(30)18(31)34-8)36-19-9(21-6(2)23)13(27)11(25)7(3-22)35-19/h5,7-20,22,24-31H,3-4H2,1-2H3,(H,21,23)/t5-,7-,8-,9-,10-,11-,12-,13-,14+,15+,16+,17+,18-,19+,20+/m1/s1. The summed E-state index contributed by atoms with van der Waals surface area (Å²) in [7, 11) is 0. The molecule has 16 heteroatoms. The predicted molar refractivity (Wildman–Crippen MR) is 111 cm³/mol. The van der Waals surface area contributed by atoms with Gasteiger partial charge in [-0.25, -0.2) is 0 Å². The molecule has 0 bridgehead atoms. The molecule has 0 radical (unpaired) electrons. The fourth-order valence-corrected chi connectivity index (χ4v) is 4.28. The Kier molecular flexibility index (Phi) is 9.97. The number of amides is 1. The number of carbonyl (C=O) groups excluding carboxylic acids is 1. The van der Waals surface area contributed by atoms with E-state index in [1.807, 2.05) is 0 Å². The fourth-order valence-electron chi connectivity index (χ4n) is 4.28. The second-order valence-corrected chi connectivity index (χ2v) is 9.09. The molecule has 0 aliphatic carbocycles. The Labute approximate surface area is 205 Å². The third-order valence-electron chi connectivity index (χ3n) is 6.44. The van der Waals surface area contributed by atoms with Crippen molar-refractivity contribution in [3.8, 4) is 0 Å². The van der Waals surface area contributed by atoms with Crippen LogP contribution in [0.4, 0.5) is 0 Å². The maximum absolute atomic E-state index is 11.7. The van der Waals surface area contributed by atoms with Crippen molar-refractivity contribution in [2.24, 2.45) is 0 Å². The molecule has 0 aromatic rings. The van der Waals surface area contributed by atoms with Crippen LogP contribution < -0.4 is 5.32 Å². The minimum Gasteiger partial charge on any atom is -0.394 e. The van der Waals surface area contributed by atoms with Crippen LogP contribution in [0.1, 0.15) is 13.8 Å². The van der Waals surface area contributed by atoms with Gasteiger partial charge < -0.3 is 75.0 Å². The molecule has 16 nitrogen and oxygen atoms in total. The molecule has 3 fully saturated rings. The normalized spacial score (nSPS) is 50.0. The van der Waals surface area contributed by atoms with Crippen molar-refractivity contribution in [2.75, 3.05) is 13.2 Å². The third-order valence-corrected chi connectivity index (χ3v) is 6.44. The molecule has 0 spiro atoms. The third kappa shape index (κ3) is 6.13. The van der Waals surface area contributed by atoms with E-state index in [2.05, 4.69) is 5.32 Å². The summed E-state index contributed by atoms with van der Waals surface area (Å²) in [5.74, 6) is -0.615. The van der Waals surface area contributed by atoms with E-state index in [1.54, 1.807) is 0 Å². The molecule has 0 aromatic carbocycles. The van der Waals surface area contributed by atoms with E-state index in [0.717, 1.165) is 6.92 Å². The number of aliphatic hydroxyl groups excluding tert-OH is 9. The SMILES string of the molecule is CC(=O)N[C@H]1[C@H](O[C@@H]2[C@@H](OC[C@H]3O[C@@H](O)[C@@H](O)[C@@H](O)[C@@H]3O)O[C@H](C)[C@@H](O)[C@@H]2O)O[C@H](CO)[C@@H](O)[C@@H]1O. The molecule has 3 aliphatic heterocycles. The molecule has 210 valence electrons. The van der Waals surface area contributed by atoms with Crippen LogP contribution >= 0.6 is 0 Å². The first-order valence-electron chi connectivity index (χ1n) is 11.4. The largest absolute Gasteiger partial charge is 0.394 e. The van der Waals surface area contributed by atoms with Crippen molar-refractivity contribution >= 4 is 5.91 Å². The first-order valence-corrected chi connectivity index (χ1v) is 11.4. The smallest absolute Gasteiger partial charge is 0.217 e. The van der Waals surface area contributed by atoms with Crippen molar-refractivity contribution in [1.82, 2.24) is 5.32 Å². The number of rotatable bonds is 7. The van der Waals surface area contributed by atoms with Crippen molar-refractivity contribution in [3.05, 3.63) is 0 Å². The molecular formula is C20H35NO15. The molecule has 0 aromatic heterocycles. The molecule has 3 heterocycles. The second-order valence-electron chi connectivity index (χ2n) is 9.09. The number of carbonyl (C=O) groups is 1. The van der Waals surface area contributed by atoms with Crippen LogP contribution in [0.3, 0.4) is 0 Å². The van der Waals surface area contributed by atoms with Gasteiger partial charge in [0.1, 0.15) is 67.1 Å². The maximum Gasteiger partial charge on any atom is 0.217 e. The van der Waals surface area contributed by atoms with Crippen LogP contribution in [0.15, 0.2) is 0 Å². The quantitative estimate of drug-likeness (QED) is 0.147. The van der Waals surface area contributed by atoms with Gasteiger partial charge in [-0.2, -0.15) is 0 Å². The van der Waals surface area contributed by atoms with Crippen LogP contribution in [-0.4, -0.2) is 157 Å². The lowest BCUT2D eigenvalue weighted by molar-refractivity contribution is -0.359. The van der Waals surface area contributed by atoms with Crippen molar-refractivity contribution in [2.45, 2.75) is 106 Å². The van der Waals surface area contributed by atoms with E-state index in [9.17, 15) is 50.8 Å². The molecule has 36 heavy (non-hydrogen) atoms. The molecule has 3 saturated heterocycles. The monoisotopic (exact) mass is 529 g/mol. The lowest BCUT2D eigenvalue weighted by Crippen LogP contribution is -2.67. The molecule has 0 unspecified atom stereocenters. The van der Waals surface area contributed by atoms with Crippen molar-refractivity contribution < 1.29 is 74.4 Å². The Morgan fingerprint density at radius 2 is 1.42 bits per heavy atom. The summed E-state index contributed by atoms with van der Waals surface area (Å²) < 4.78 is 27.4. The maximum atomic E-state index is 11.7. The van der Waals surface area contributed by atoms with E-state index in [1.165, 1.54) is 6.92 Å². The zero-order valence-electron chi connectivity index (χ0n) is 19.5. The van der Waals surface area contributed by atoms with Crippen LogP contribution in [0.2, 0.25) is 0 Å². The first-order chi connectivity index (χ1) is 16.9. The highest BCUT2D eigenvalue weighted by Gasteiger charge is 2.51. The Hall–Kier alpha value is -1.09. The Bertz CT molecular complexity index is 731. The summed E-state index contributed by atoms with van der Waals surface area (Å²) >= 11 is 0. The summed E-state index contributed by atoms with van der Waals surface area (Å²) in [5, 5.41) is 92.8. The van der Waals surface area contributed by atoms with Crippen LogP contribution in [-0.2, 0) is 28.5 Å². The van der Waals surface area contributed by atoms with Gasteiger partial charge in [-0.15, -0.1) is 0 Å². The zero-order chi connectivity index (χ0) is 26.9. The van der Waals surface area contributed by atoms with Gasteiger partial charge in [-0.1, -0.05) is 0 Å². The summed E-state index contributed by atoms with van der Waals surface area (Å²) in [6, 6.07) is -1.36. The highest BCUT2D eigenvalue weighted by atomic mass is 16.8. The molecular weight excluding hydrogens is 494 g/mol. The number of ether oxygens (including phenoxy) is 5. The van der Waals surface area contributed by atoms with Crippen LogP contribution in [0.25, 0.3) is 0 Å². The van der Waals surface area contributed by atoms with Gasteiger partial charge in [0, 0.05) is 6.92 Å². The number of hydrogen-bond acceptors (Lipinski definition) is 15. The van der Waals surface area contributed by atoms with E-state index < -0.39 is 111 Å². The molecule has 3 rings (SSSR count). The number of nitrogens with one attached hydrogen (secondary N) is 1. The average Bonchev–Trinajstić information content (AvgIpc) is 2.83. The van der Waals surface area contributed by atoms with Crippen molar-refractivity contribution in [1.29, 1.82) is 0 Å². The molecule has 15 atom stereocenters. The summed E-state index contributed by atoms with van der Waals surface area (Å²) in [6.45, 7) is 1.31. The van der Waals surface area contributed by atoms with Gasteiger partial charge in [-0.05, 0) is 6.92 Å². The topological polar surface area (TPSA) is 257 Å². The average molecular weight is 529 g/mol. The van der Waals surface area contributed by atoms with E-state index in [0.29, 0.717) is 0 Å². The lowest BCUT2D eigenvalue weighted by Gasteiger charge is -2.47. The number of hydrogen-bond donors (Lipinski definition) is 10. The highest BCUT2D eigenvalue weighted by Crippen LogP contribution is 2.30. The fraction of sp³-hybridized carbons (Fsp3) is 0.950. The minimum atomic E-state index is -1.82. The van der Waals surface area contributed by atoms with E-state index in [4.69, 9.17) is 23.7 Å².